The third-order valence-corrected chi connectivity index (χ3v) is 7.05. The molecule has 3 aromatic rings. The number of thioether (sulfide) groups is 1. The summed E-state index contributed by atoms with van der Waals surface area (Å²) in [4.78, 5) is 42.5. The molecule has 1 saturated heterocycles. The van der Waals surface area contributed by atoms with Crippen molar-refractivity contribution >= 4 is 34.5 Å². The van der Waals surface area contributed by atoms with Gasteiger partial charge in [0.25, 0.3) is 5.56 Å². The van der Waals surface area contributed by atoms with Crippen molar-refractivity contribution in [2.45, 2.75) is 49.9 Å². The maximum atomic E-state index is 13.2. The highest BCUT2D eigenvalue weighted by atomic mass is 32.2. The number of hydrogen-bond acceptors (Lipinski definition) is 6. The molecule has 8 nitrogen and oxygen atoms in total. The largest absolute Gasteiger partial charge is 0.376 e. The van der Waals surface area contributed by atoms with Crippen molar-refractivity contribution in [3.05, 3.63) is 70.5 Å². The molecule has 36 heavy (non-hydrogen) atoms. The van der Waals surface area contributed by atoms with E-state index in [1.165, 1.54) is 11.8 Å². The second kappa shape index (κ2) is 13.2. The minimum Gasteiger partial charge on any atom is -0.376 e. The Balaban J connectivity index is 1.33. The summed E-state index contributed by atoms with van der Waals surface area (Å²) in [7, 11) is 0. The zero-order valence-electron chi connectivity index (χ0n) is 20.3. The molecule has 1 aliphatic heterocycles. The molecule has 190 valence electrons. The predicted octanol–water partition coefficient (Wildman–Crippen LogP) is 2.92. The zero-order chi connectivity index (χ0) is 25.2. The number of carbonyl (C=O) groups excluding carboxylic acids is 2. The van der Waals surface area contributed by atoms with E-state index in [2.05, 4.69) is 15.6 Å². The molecule has 2 amide bonds. The molecule has 0 bridgehead atoms. The number of fused-ring (bicyclic) bond motifs is 1. The Morgan fingerprint density at radius 2 is 1.86 bits per heavy atom. The number of hydrogen-bond donors (Lipinski definition) is 2. The quantitative estimate of drug-likeness (QED) is 0.288. The number of aromatic nitrogens is 2. The predicted molar refractivity (Wildman–Crippen MR) is 141 cm³/mol. The van der Waals surface area contributed by atoms with Gasteiger partial charge in [-0.15, -0.1) is 0 Å². The van der Waals surface area contributed by atoms with Crippen molar-refractivity contribution < 1.29 is 14.3 Å². The highest BCUT2D eigenvalue weighted by molar-refractivity contribution is 7.99. The fraction of sp³-hybridized carbons (Fsp3) is 0.407. The molecule has 2 heterocycles. The molecule has 2 aromatic carbocycles. The van der Waals surface area contributed by atoms with Crippen LogP contribution in [-0.4, -0.2) is 52.9 Å². The first-order valence-electron chi connectivity index (χ1n) is 12.4. The van der Waals surface area contributed by atoms with Crippen LogP contribution in [0.3, 0.4) is 0 Å². The van der Waals surface area contributed by atoms with Gasteiger partial charge in [0, 0.05) is 32.7 Å². The second-order valence-corrected chi connectivity index (χ2v) is 9.73. The van der Waals surface area contributed by atoms with Crippen molar-refractivity contribution in [2.24, 2.45) is 0 Å². The van der Waals surface area contributed by atoms with Gasteiger partial charge in [0.05, 0.1) is 22.8 Å². The molecule has 1 aromatic heterocycles. The van der Waals surface area contributed by atoms with Gasteiger partial charge in [-0.3, -0.25) is 19.0 Å². The van der Waals surface area contributed by atoms with Crippen LogP contribution in [0.1, 0.15) is 31.2 Å². The molecular formula is C27H32N4O4S. The number of rotatable bonds is 12. The Hall–Kier alpha value is -3.17. The first kappa shape index (κ1) is 25.9. The molecule has 1 aliphatic rings. The van der Waals surface area contributed by atoms with Crippen LogP contribution >= 0.6 is 11.8 Å². The summed E-state index contributed by atoms with van der Waals surface area (Å²) in [6.45, 7) is 2.17. The highest BCUT2D eigenvalue weighted by Crippen LogP contribution is 2.18. The monoisotopic (exact) mass is 508 g/mol. The number of benzene rings is 2. The van der Waals surface area contributed by atoms with Gasteiger partial charge in [-0.25, -0.2) is 4.98 Å². The van der Waals surface area contributed by atoms with Gasteiger partial charge < -0.3 is 15.4 Å². The fourth-order valence-corrected chi connectivity index (χ4v) is 5.00. The van der Waals surface area contributed by atoms with Gasteiger partial charge in [-0.1, -0.05) is 54.2 Å². The summed E-state index contributed by atoms with van der Waals surface area (Å²) in [5.74, 6) is -0.0146. The van der Waals surface area contributed by atoms with Crippen molar-refractivity contribution in [1.82, 2.24) is 20.2 Å². The lowest BCUT2D eigenvalue weighted by Gasteiger charge is -2.14. The van der Waals surface area contributed by atoms with Gasteiger partial charge in [-0.2, -0.15) is 0 Å². The molecular weight excluding hydrogens is 476 g/mol. The lowest BCUT2D eigenvalue weighted by atomic mass is 10.1. The average molecular weight is 509 g/mol. The SMILES string of the molecule is O=C(CCCn1c(SCC(=O)NCCc2ccccc2)nc2ccccc2c1=O)NC[C@@H]1CCCO1. The molecule has 1 fully saturated rings. The number of para-hydroxylation sites is 1. The van der Waals surface area contributed by atoms with Gasteiger partial charge >= 0.3 is 0 Å². The van der Waals surface area contributed by atoms with Crippen molar-refractivity contribution in [3.63, 3.8) is 0 Å². The lowest BCUT2D eigenvalue weighted by Crippen LogP contribution is -2.32. The van der Waals surface area contributed by atoms with Crippen LogP contribution < -0.4 is 16.2 Å². The van der Waals surface area contributed by atoms with E-state index in [1.54, 1.807) is 22.8 Å². The van der Waals surface area contributed by atoms with E-state index in [-0.39, 0.29) is 29.2 Å². The Morgan fingerprint density at radius 1 is 1.06 bits per heavy atom. The first-order valence-corrected chi connectivity index (χ1v) is 13.4. The molecule has 0 unspecified atom stereocenters. The van der Waals surface area contributed by atoms with E-state index in [1.807, 2.05) is 36.4 Å². The van der Waals surface area contributed by atoms with E-state index in [4.69, 9.17) is 4.74 Å². The van der Waals surface area contributed by atoms with Crippen LogP contribution in [0.25, 0.3) is 10.9 Å². The normalized spacial score (nSPS) is 15.2. The standard InChI is InChI=1S/C27H32N4O4S/c32-24(29-18-21-10-7-17-35-21)13-6-16-31-26(34)22-11-4-5-12-23(22)30-27(31)36-19-25(33)28-15-14-20-8-2-1-3-9-20/h1-5,8-9,11-12,21H,6-7,10,13-19H2,(H,28,33)(H,29,32)/t21-/m0/s1. The second-order valence-electron chi connectivity index (χ2n) is 8.79. The van der Waals surface area contributed by atoms with Gasteiger partial charge in [0.15, 0.2) is 5.16 Å². The number of carbonyl (C=O) groups is 2. The molecule has 1 atom stereocenters. The molecule has 0 radical (unpaired) electrons. The summed E-state index contributed by atoms with van der Waals surface area (Å²) < 4.78 is 7.12. The number of ether oxygens (including phenoxy) is 1. The third kappa shape index (κ3) is 7.41. The van der Waals surface area contributed by atoms with Crippen LogP contribution in [0.15, 0.2) is 64.5 Å². The van der Waals surface area contributed by atoms with Crippen LogP contribution in [0, 0.1) is 0 Å². The molecule has 9 heteroatoms. The lowest BCUT2D eigenvalue weighted by molar-refractivity contribution is -0.121. The Morgan fingerprint density at radius 3 is 2.67 bits per heavy atom. The first-order chi connectivity index (χ1) is 17.6. The smallest absolute Gasteiger partial charge is 0.262 e. The summed E-state index contributed by atoms with van der Waals surface area (Å²) in [5.41, 5.74) is 1.60. The van der Waals surface area contributed by atoms with E-state index in [9.17, 15) is 14.4 Å². The summed E-state index contributed by atoms with van der Waals surface area (Å²) in [6, 6.07) is 17.2. The minimum absolute atomic E-state index is 0.0562. The van der Waals surface area contributed by atoms with E-state index in [0.29, 0.717) is 48.5 Å². The number of amides is 2. The maximum Gasteiger partial charge on any atom is 0.262 e. The minimum atomic E-state index is -0.160. The molecule has 0 saturated carbocycles. The molecule has 2 N–H and O–H groups in total. The number of nitrogens with one attached hydrogen (secondary N) is 2. The summed E-state index contributed by atoms with van der Waals surface area (Å²) in [5, 5.41) is 6.85. The summed E-state index contributed by atoms with van der Waals surface area (Å²) in [6.07, 6.45) is 3.65. The van der Waals surface area contributed by atoms with Crippen molar-refractivity contribution in [2.75, 3.05) is 25.4 Å². The van der Waals surface area contributed by atoms with E-state index >= 15 is 0 Å². The Kier molecular flexibility index (Phi) is 9.52. The van der Waals surface area contributed by atoms with Crippen LogP contribution in [0.2, 0.25) is 0 Å². The fourth-order valence-electron chi connectivity index (χ4n) is 4.15. The average Bonchev–Trinajstić information content (AvgIpc) is 3.42. The van der Waals surface area contributed by atoms with Gasteiger partial charge in [-0.05, 0) is 43.4 Å². The van der Waals surface area contributed by atoms with Crippen LogP contribution in [0.5, 0.6) is 0 Å². The van der Waals surface area contributed by atoms with E-state index < -0.39 is 0 Å². The zero-order valence-corrected chi connectivity index (χ0v) is 21.1. The van der Waals surface area contributed by atoms with E-state index in [0.717, 1.165) is 31.4 Å². The van der Waals surface area contributed by atoms with Crippen LogP contribution in [-0.2, 0) is 27.3 Å². The van der Waals surface area contributed by atoms with Crippen LogP contribution in [0.4, 0.5) is 0 Å². The summed E-state index contributed by atoms with van der Waals surface area (Å²) >= 11 is 1.24. The van der Waals surface area contributed by atoms with Gasteiger partial charge in [0.2, 0.25) is 11.8 Å². The van der Waals surface area contributed by atoms with Gasteiger partial charge in [0.1, 0.15) is 0 Å². The third-order valence-electron chi connectivity index (χ3n) is 6.07. The topological polar surface area (TPSA) is 102 Å². The van der Waals surface area contributed by atoms with Crippen molar-refractivity contribution in [3.8, 4) is 0 Å². The van der Waals surface area contributed by atoms with Crippen molar-refractivity contribution in [1.29, 1.82) is 0 Å². The Bertz CT molecular complexity index is 1230. The molecule has 0 aliphatic carbocycles. The number of nitrogens with zero attached hydrogens (tertiary/aromatic N) is 2. The molecule has 4 rings (SSSR count). The maximum absolute atomic E-state index is 13.2. The molecule has 0 spiro atoms. The Labute approximate surface area is 214 Å². The highest BCUT2D eigenvalue weighted by Gasteiger charge is 2.17.